The Bertz CT molecular complexity index is 615. The zero-order chi connectivity index (χ0) is 13.1. The summed E-state index contributed by atoms with van der Waals surface area (Å²) in [6.07, 6.45) is 1.54. The molecule has 1 heterocycles. The topological polar surface area (TPSA) is 50.2 Å². The molecule has 0 saturated carbocycles. The summed E-state index contributed by atoms with van der Waals surface area (Å²) in [6, 6.07) is 8.98. The number of nitrogens with zero attached hydrogens (tertiary/aromatic N) is 1. The molecular weight excluding hydrogens is 270 g/mol. The number of fused-ring (bicyclic) bond motifs is 1. The van der Waals surface area contributed by atoms with Crippen LogP contribution >= 0.6 is 23.4 Å². The van der Waals surface area contributed by atoms with Crippen LogP contribution in [0.4, 0.5) is 0 Å². The summed E-state index contributed by atoms with van der Waals surface area (Å²) in [4.78, 5) is 15.5. The average Bonchev–Trinajstić information content (AvgIpc) is 2.37. The standard InChI is InChI=1S/C13H10ClNO2S/c1-2-11(14)18-12-9(13(16)17)7-8-5-3-4-6-10(8)15-12/h2-7,11H,1H2,(H,16,17). The highest BCUT2D eigenvalue weighted by molar-refractivity contribution is 8.01. The Morgan fingerprint density at radius 3 is 2.89 bits per heavy atom. The van der Waals surface area contributed by atoms with Crippen molar-refractivity contribution in [2.24, 2.45) is 0 Å². The largest absolute Gasteiger partial charge is 0.478 e. The first kappa shape index (κ1) is 12.9. The molecule has 92 valence electrons. The maximum atomic E-state index is 11.2. The fraction of sp³-hybridized carbons (Fsp3) is 0.0769. The van der Waals surface area contributed by atoms with Crippen LogP contribution in [0.2, 0.25) is 0 Å². The van der Waals surface area contributed by atoms with Crippen molar-refractivity contribution < 1.29 is 9.90 Å². The second-order valence-corrected chi connectivity index (χ2v) is 5.40. The van der Waals surface area contributed by atoms with Crippen molar-refractivity contribution in [3.05, 3.63) is 48.6 Å². The van der Waals surface area contributed by atoms with Crippen molar-refractivity contribution in [2.75, 3.05) is 0 Å². The number of thioether (sulfide) groups is 1. The van der Waals surface area contributed by atoms with Gasteiger partial charge in [0.2, 0.25) is 0 Å². The van der Waals surface area contributed by atoms with E-state index < -0.39 is 10.7 Å². The van der Waals surface area contributed by atoms with Gasteiger partial charge in [-0.15, -0.1) is 18.2 Å². The summed E-state index contributed by atoms with van der Waals surface area (Å²) < 4.78 is -0.406. The summed E-state index contributed by atoms with van der Waals surface area (Å²) in [7, 11) is 0. The SMILES string of the molecule is C=CC(Cl)Sc1nc2ccccc2cc1C(=O)O. The molecule has 1 atom stereocenters. The zero-order valence-electron chi connectivity index (χ0n) is 9.34. The minimum atomic E-state index is -1.01. The van der Waals surface area contributed by atoms with E-state index in [0.29, 0.717) is 5.03 Å². The van der Waals surface area contributed by atoms with Gasteiger partial charge in [0, 0.05) is 5.39 Å². The molecule has 5 heteroatoms. The highest BCUT2D eigenvalue weighted by Gasteiger charge is 2.15. The number of hydrogen-bond acceptors (Lipinski definition) is 3. The monoisotopic (exact) mass is 279 g/mol. The van der Waals surface area contributed by atoms with Crippen LogP contribution in [0.25, 0.3) is 10.9 Å². The lowest BCUT2D eigenvalue weighted by Gasteiger charge is -2.08. The normalized spacial score (nSPS) is 12.3. The lowest BCUT2D eigenvalue weighted by molar-refractivity contribution is 0.0692. The van der Waals surface area contributed by atoms with Gasteiger partial charge in [0.05, 0.1) is 11.1 Å². The summed E-state index contributed by atoms with van der Waals surface area (Å²) in [5, 5.41) is 10.4. The van der Waals surface area contributed by atoms with Gasteiger partial charge in [0.25, 0.3) is 0 Å². The predicted octanol–water partition coefficient (Wildman–Crippen LogP) is 3.78. The van der Waals surface area contributed by atoms with Crippen LogP contribution in [0.3, 0.4) is 0 Å². The summed E-state index contributed by atoms with van der Waals surface area (Å²) in [6.45, 7) is 3.57. The Balaban J connectivity index is 2.57. The van der Waals surface area contributed by atoms with Crippen LogP contribution in [0.1, 0.15) is 10.4 Å². The van der Waals surface area contributed by atoms with Gasteiger partial charge in [-0.05, 0) is 12.1 Å². The third kappa shape index (κ3) is 2.66. The quantitative estimate of drug-likeness (QED) is 0.526. The number of benzene rings is 1. The summed E-state index contributed by atoms with van der Waals surface area (Å²) >= 11 is 7.11. The molecule has 0 bridgehead atoms. The van der Waals surface area contributed by atoms with E-state index in [4.69, 9.17) is 11.6 Å². The smallest absolute Gasteiger partial charge is 0.338 e. The van der Waals surface area contributed by atoms with Gasteiger partial charge in [0.1, 0.15) is 9.74 Å². The maximum absolute atomic E-state index is 11.2. The van der Waals surface area contributed by atoms with Crippen LogP contribution in [-0.2, 0) is 0 Å². The first-order valence-electron chi connectivity index (χ1n) is 5.18. The number of rotatable bonds is 4. The molecule has 1 aromatic carbocycles. The van der Waals surface area contributed by atoms with E-state index in [1.54, 1.807) is 6.07 Å². The van der Waals surface area contributed by atoms with E-state index in [9.17, 15) is 9.90 Å². The minimum absolute atomic E-state index is 0.159. The summed E-state index contributed by atoms with van der Waals surface area (Å²) in [5.41, 5.74) is 0.907. The average molecular weight is 280 g/mol. The number of aromatic carboxylic acids is 1. The molecule has 1 unspecified atom stereocenters. The molecular formula is C13H10ClNO2S. The number of aromatic nitrogens is 1. The molecule has 0 radical (unpaired) electrons. The minimum Gasteiger partial charge on any atom is -0.478 e. The van der Waals surface area contributed by atoms with Crippen molar-refractivity contribution in [1.29, 1.82) is 0 Å². The van der Waals surface area contributed by atoms with Gasteiger partial charge < -0.3 is 5.11 Å². The molecule has 1 aromatic heterocycles. The molecule has 0 aliphatic carbocycles. The van der Waals surface area contributed by atoms with Gasteiger partial charge in [-0.1, -0.05) is 36.0 Å². The molecule has 0 fully saturated rings. The van der Waals surface area contributed by atoms with Gasteiger partial charge in [-0.2, -0.15) is 0 Å². The number of halogens is 1. The molecule has 0 spiro atoms. The van der Waals surface area contributed by atoms with E-state index in [-0.39, 0.29) is 5.56 Å². The van der Waals surface area contributed by atoms with Crippen LogP contribution < -0.4 is 0 Å². The predicted molar refractivity (Wildman–Crippen MR) is 74.4 cm³/mol. The number of para-hydroxylation sites is 1. The fourth-order valence-corrected chi connectivity index (χ4v) is 2.48. The Labute approximate surface area is 113 Å². The van der Waals surface area contributed by atoms with E-state index in [0.717, 1.165) is 10.9 Å². The van der Waals surface area contributed by atoms with E-state index >= 15 is 0 Å². The fourth-order valence-electron chi connectivity index (χ4n) is 1.50. The third-order valence-electron chi connectivity index (χ3n) is 2.33. The van der Waals surface area contributed by atoms with Crippen molar-refractivity contribution in [3.63, 3.8) is 0 Å². The highest BCUT2D eigenvalue weighted by atomic mass is 35.5. The molecule has 2 aromatic rings. The van der Waals surface area contributed by atoms with Gasteiger partial charge in [-0.25, -0.2) is 9.78 Å². The van der Waals surface area contributed by atoms with Crippen molar-refractivity contribution in [1.82, 2.24) is 4.98 Å². The Morgan fingerprint density at radius 2 is 2.22 bits per heavy atom. The second-order valence-electron chi connectivity index (χ2n) is 3.54. The molecule has 2 rings (SSSR count). The first-order valence-corrected chi connectivity index (χ1v) is 6.50. The first-order chi connectivity index (χ1) is 8.61. The lowest BCUT2D eigenvalue weighted by Crippen LogP contribution is -2.02. The van der Waals surface area contributed by atoms with Gasteiger partial charge in [0.15, 0.2) is 0 Å². The molecule has 1 N–H and O–H groups in total. The molecule has 18 heavy (non-hydrogen) atoms. The lowest BCUT2D eigenvalue weighted by atomic mass is 10.1. The Kier molecular flexibility index (Phi) is 3.89. The number of carboxylic acid groups (broad SMARTS) is 1. The number of alkyl halides is 1. The molecule has 0 saturated heterocycles. The number of pyridine rings is 1. The van der Waals surface area contributed by atoms with Crippen LogP contribution in [0, 0.1) is 0 Å². The van der Waals surface area contributed by atoms with Crippen molar-refractivity contribution in [3.8, 4) is 0 Å². The number of carboxylic acids is 1. The Morgan fingerprint density at radius 1 is 1.50 bits per heavy atom. The van der Waals surface area contributed by atoms with Crippen LogP contribution in [-0.4, -0.2) is 20.8 Å². The summed E-state index contributed by atoms with van der Waals surface area (Å²) in [5.74, 6) is -1.01. The highest BCUT2D eigenvalue weighted by Crippen LogP contribution is 2.30. The van der Waals surface area contributed by atoms with Gasteiger partial charge >= 0.3 is 5.97 Å². The number of hydrogen-bond donors (Lipinski definition) is 1. The second kappa shape index (κ2) is 5.42. The molecule has 0 aliphatic rings. The maximum Gasteiger partial charge on any atom is 0.338 e. The molecule has 3 nitrogen and oxygen atoms in total. The Hall–Kier alpha value is -1.52. The van der Waals surface area contributed by atoms with Gasteiger partial charge in [-0.3, -0.25) is 0 Å². The van der Waals surface area contributed by atoms with E-state index in [1.165, 1.54) is 17.8 Å². The molecule has 0 aliphatic heterocycles. The van der Waals surface area contributed by atoms with Crippen molar-refractivity contribution in [2.45, 2.75) is 9.74 Å². The van der Waals surface area contributed by atoms with E-state index in [1.807, 2.05) is 24.3 Å². The third-order valence-corrected chi connectivity index (χ3v) is 3.73. The molecule has 0 amide bonds. The van der Waals surface area contributed by atoms with E-state index in [2.05, 4.69) is 11.6 Å². The zero-order valence-corrected chi connectivity index (χ0v) is 10.9. The van der Waals surface area contributed by atoms with Crippen LogP contribution in [0.5, 0.6) is 0 Å². The van der Waals surface area contributed by atoms with Crippen molar-refractivity contribution >= 4 is 40.2 Å². The van der Waals surface area contributed by atoms with Crippen LogP contribution in [0.15, 0.2) is 48.0 Å². The number of carbonyl (C=O) groups is 1.